The maximum atomic E-state index is 11.7. The molecule has 0 aliphatic rings. The number of rotatable bonds is 5. The van der Waals surface area contributed by atoms with Crippen molar-refractivity contribution in [1.82, 2.24) is 0 Å². The van der Waals surface area contributed by atoms with Crippen molar-refractivity contribution in [2.75, 3.05) is 6.61 Å². The SMILES string of the molecule is CCOC(=O)/C(Cc1cccc([N+](=O)[O-])c1C)=C(\C)O. The minimum absolute atomic E-state index is 0.0127. The first-order valence-electron chi connectivity index (χ1n) is 6.17. The Morgan fingerprint density at radius 3 is 2.60 bits per heavy atom. The molecule has 6 nitrogen and oxygen atoms in total. The van der Waals surface area contributed by atoms with Gasteiger partial charge in [-0.1, -0.05) is 12.1 Å². The van der Waals surface area contributed by atoms with Crippen LogP contribution < -0.4 is 0 Å². The molecule has 0 aromatic heterocycles. The van der Waals surface area contributed by atoms with Gasteiger partial charge in [0.05, 0.1) is 22.9 Å². The standard InChI is InChI=1S/C14H17NO5/c1-4-20-14(17)12(10(3)16)8-11-6-5-7-13(9(11)2)15(18)19/h5-7,16H,4,8H2,1-3H3/b12-10+. The van der Waals surface area contributed by atoms with Gasteiger partial charge in [-0.3, -0.25) is 10.1 Å². The highest BCUT2D eigenvalue weighted by molar-refractivity contribution is 5.89. The summed E-state index contributed by atoms with van der Waals surface area (Å²) in [6, 6.07) is 4.64. The minimum Gasteiger partial charge on any atom is -0.512 e. The third-order valence-corrected chi connectivity index (χ3v) is 2.94. The maximum Gasteiger partial charge on any atom is 0.337 e. The van der Waals surface area contributed by atoms with Crippen molar-refractivity contribution in [2.45, 2.75) is 27.2 Å². The molecule has 0 atom stereocenters. The van der Waals surface area contributed by atoms with Gasteiger partial charge in [-0.05, 0) is 26.3 Å². The lowest BCUT2D eigenvalue weighted by Crippen LogP contribution is -2.12. The highest BCUT2D eigenvalue weighted by Crippen LogP contribution is 2.24. The van der Waals surface area contributed by atoms with Crippen LogP contribution in [0.3, 0.4) is 0 Å². The molecule has 0 saturated carbocycles. The molecule has 0 fully saturated rings. The van der Waals surface area contributed by atoms with Crippen LogP contribution in [-0.2, 0) is 16.0 Å². The zero-order valence-corrected chi connectivity index (χ0v) is 11.7. The maximum absolute atomic E-state index is 11.7. The van der Waals surface area contributed by atoms with E-state index in [1.54, 1.807) is 26.0 Å². The Hall–Kier alpha value is -2.37. The Bertz CT molecular complexity index is 559. The monoisotopic (exact) mass is 279 g/mol. The van der Waals surface area contributed by atoms with Crippen LogP contribution in [0.15, 0.2) is 29.5 Å². The van der Waals surface area contributed by atoms with Crippen LogP contribution in [0.25, 0.3) is 0 Å². The summed E-state index contributed by atoms with van der Waals surface area (Å²) >= 11 is 0. The highest BCUT2D eigenvalue weighted by Gasteiger charge is 2.19. The fourth-order valence-electron chi connectivity index (χ4n) is 1.82. The molecule has 1 aromatic rings. The van der Waals surface area contributed by atoms with E-state index in [4.69, 9.17) is 4.74 Å². The second-order valence-electron chi connectivity index (χ2n) is 4.28. The van der Waals surface area contributed by atoms with Crippen molar-refractivity contribution in [3.63, 3.8) is 0 Å². The van der Waals surface area contributed by atoms with Gasteiger partial charge < -0.3 is 9.84 Å². The number of hydrogen-bond donors (Lipinski definition) is 1. The van der Waals surface area contributed by atoms with Gasteiger partial charge in [-0.25, -0.2) is 4.79 Å². The molecule has 0 heterocycles. The predicted octanol–water partition coefficient (Wildman–Crippen LogP) is 2.84. The molecular formula is C14H17NO5. The molecule has 0 aliphatic carbocycles. The molecule has 1 rings (SSSR count). The van der Waals surface area contributed by atoms with E-state index in [1.807, 2.05) is 0 Å². The summed E-state index contributed by atoms with van der Waals surface area (Å²) in [7, 11) is 0. The Balaban J connectivity index is 3.14. The molecule has 6 heteroatoms. The van der Waals surface area contributed by atoms with Crippen molar-refractivity contribution < 1.29 is 19.6 Å². The van der Waals surface area contributed by atoms with Crippen LogP contribution in [0.4, 0.5) is 5.69 Å². The Labute approximate surface area is 116 Å². The van der Waals surface area contributed by atoms with Crippen molar-refractivity contribution >= 4 is 11.7 Å². The Kier molecular flexibility index (Phi) is 5.25. The van der Waals surface area contributed by atoms with Crippen molar-refractivity contribution in [2.24, 2.45) is 0 Å². The summed E-state index contributed by atoms with van der Waals surface area (Å²) in [6.45, 7) is 4.87. The number of aliphatic hydroxyl groups excluding tert-OH is 1. The van der Waals surface area contributed by atoms with Gasteiger partial charge in [0.25, 0.3) is 5.69 Å². The largest absolute Gasteiger partial charge is 0.512 e. The first-order valence-corrected chi connectivity index (χ1v) is 6.17. The van der Waals surface area contributed by atoms with Crippen molar-refractivity contribution in [3.8, 4) is 0 Å². The number of benzene rings is 1. The van der Waals surface area contributed by atoms with Gasteiger partial charge in [0.1, 0.15) is 0 Å². The van der Waals surface area contributed by atoms with Gasteiger partial charge in [0.15, 0.2) is 0 Å². The number of nitro groups is 1. The fourth-order valence-corrected chi connectivity index (χ4v) is 1.82. The van der Waals surface area contributed by atoms with E-state index in [9.17, 15) is 20.0 Å². The zero-order chi connectivity index (χ0) is 15.3. The Morgan fingerprint density at radius 1 is 1.45 bits per heavy atom. The number of nitro benzene ring substituents is 1. The van der Waals surface area contributed by atoms with E-state index in [0.717, 1.165) is 0 Å². The van der Waals surface area contributed by atoms with E-state index in [2.05, 4.69) is 0 Å². The summed E-state index contributed by atoms with van der Waals surface area (Å²) in [5.74, 6) is -0.757. The highest BCUT2D eigenvalue weighted by atomic mass is 16.6. The summed E-state index contributed by atoms with van der Waals surface area (Å²) in [4.78, 5) is 22.2. The average Bonchev–Trinajstić information content (AvgIpc) is 2.36. The topological polar surface area (TPSA) is 89.7 Å². The van der Waals surface area contributed by atoms with Crippen LogP contribution in [0.5, 0.6) is 0 Å². The second-order valence-corrected chi connectivity index (χ2v) is 4.28. The zero-order valence-electron chi connectivity index (χ0n) is 11.7. The van der Waals surface area contributed by atoms with Crippen LogP contribution >= 0.6 is 0 Å². The third kappa shape index (κ3) is 3.57. The molecule has 20 heavy (non-hydrogen) atoms. The van der Waals surface area contributed by atoms with Gasteiger partial charge >= 0.3 is 5.97 Å². The smallest absolute Gasteiger partial charge is 0.337 e. The number of hydrogen-bond acceptors (Lipinski definition) is 5. The molecule has 1 N–H and O–H groups in total. The first kappa shape index (κ1) is 15.7. The molecule has 0 spiro atoms. The number of allylic oxidation sites excluding steroid dienone is 1. The lowest BCUT2D eigenvalue weighted by atomic mass is 9.98. The molecule has 0 unspecified atom stereocenters. The summed E-state index contributed by atoms with van der Waals surface area (Å²) in [6.07, 6.45) is 0.0919. The van der Waals surface area contributed by atoms with Gasteiger partial charge in [0, 0.05) is 18.1 Å². The van der Waals surface area contributed by atoms with E-state index in [-0.39, 0.29) is 30.0 Å². The number of aliphatic hydroxyl groups is 1. The molecule has 0 aliphatic heterocycles. The predicted molar refractivity (Wildman–Crippen MR) is 73.5 cm³/mol. The van der Waals surface area contributed by atoms with Crippen LogP contribution in [0.1, 0.15) is 25.0 Å². The van der Waals surface area contributed by atoms with Crippen LogP contribution in [-0.4, -0.2) is 22.6 Å². The average molecular weight is 279 g/mol. The third-order valence-electron chi connectivity index (χ3n) is 2.94. The summed E-state index contributed by atoms with van der Waals surface area (Å²) in [5.41, 5.74) is 1.17. The number of carbonyl (C=O) groups excluding carboxylic acids is 1. The number of ether oxygens (including phenoxy) is 1. The van der Waals surface area contributed by atoms with E-state index in [0.29, 0.717) is 11.1 Å². The molecular weight excluding hydrogens is 262 g/mol. The molecule has 108 valence electrons. The summed E-state index contributed by atoms with van der Waals surface area (Å²) in [5, 5.41) is 20.5. The molecule has 0 bridgehead atoms. The first-order chi connectivity index (χ1) is 9.38. The van der Waals surface area contributed by atoms with E-state index < -0.39 is 10.9 Å². The molecule has 0 saturated heterocycles. The molecule has 0 radical (unpaired) electrons. The number of nitrogens with zero attached hydrogens (tertiary/aromatic N) is 1. The normalized spacial score (nSPS) is 11.8. The number of carbonyl (C=O) groups is 1. The Morgan fingerprint density at radius 2 is 2.10 bits per heavy atom. The number of esters is 1. The van der Waals surface area contributed by atoms with E-state index in [1.165, 1.54) is 13.0 Å². The summed E-state index contributed by atoms with van der Waals surface area (Å²) < 4.78 is 4.86. The lowest BCUT2D eigenvalue weighted by molar-refractivity contribution is -0.385. The molecule has 0 amide bonds. The van der Waals surface area contributed by atoms with Crippen molar-refractivity contribution in [1.29, 1.82) is 0 Å². The van der Waals surface area contributed by atoms with Gasteiger partial charge in [-0.2, -0.15) is 0 Å². The van der Waals surface area contributed by atoms with E-state index >= 15 is 0 Å². The minimum atomic E-state index is -0.613. The second kappa shape index (κ2) is 6.70. The van der Waals surface area contributed by atoms with Crippen molar-refractivity contribution in [3.05, 3.63) is 50.8 Å². The molecule has 1 aromatic carbocycles. The van der Waals surface area contributed by atoms with Crippen LogP contribution in [0.2, 0.25) is 0 Å². The van der Waals surface area contributed by atoms with Gasteiger partial charge in [0.2, 0.25) is 0 Å². The fraction of sp³-hybridized carbons (Fsp3) is 0.357. The van der Waals surface area contributed by atoms with Gasteiger partial charge in [-0.15, -0.1) is 0 Å². The quantitative estimate of drug-likeness (QED) is 0.294. The van der Waals surface area contributed by atoms with Crippen LogP contribution in [0, 0.1) is 17.0 Å². The lowest BCUT2D eigenvalue weighted by Gasteiger charge is -2.10.